The topological polar surface area (TPSA) is 119 Å². The number of hydrazine groups is 1. The van der Waals surface area contributed by atoms with Gasteiger partial charge >= 0.3 is 12.1 Å². The van der Waals surface area contributed by atoms with Crippen LogP contribution >= 0.6 is 0 Å². The summed E-state index contributed by atoms with van der Waals surface area (Å²) in [5.74, 6) is 0.707. The van der Waals surface area contributed by atoms with E-state index in [1.807, 2.05) is 0 Å². The minimum absolute atomic E-state index is 0.362. The summed E-state index contributed by atoms with van der Waals surface area (Å²) in [6.45, 7) is 0. The molecule has 0 aromatic heterocycles. The number of carbonyl (C=O) groups excluding carboxylic acids is 2. The van der Waals surface area contributed by atoms with Crippen molar-refractivity contribution in [1.29, 1.82) is 0 Å². The molecule has 0 unspecified atom stereocenters. The molecule has 5 N–H and O–H groups in total. The maximum absolute atomic E-state index is 12.5. The fourth-order valence-corrected chi connectivity index (χ4v) is 2.81. The SMILES string of the molecule is COc1ccc(NC(=O)Nc2ccc(NC(=O)N3C=NC=C4NNC=C43)cc2)cc1. The normalized spacial score (nSPS) is 13.8. The van der Waals surface area contributed by atoms with Gasteiger partial charge in [0.05, 0.1) is 24.7 Å². The van der Waals surface area contributed by atoms with Crippen LogP contribution in [0.1, 0.15) is 0 Å². The minimum atomic E-state index is -0.381. The van der Waals surface area contributed by atoms with Crippen LogP contribution in [0, 0.1) is 0 Å². The van der Waals surface area contributed by atoms with E-state index in [0.29, 0.717) is 34.2 Å². The van der Waals surface area contributed by atoms with Gasteiger partial charge in [-0.25, -0.2) is 19.5 Å². The number of amides is 4. The number of ether oxygens (including phenoxy) is 1. The van der Waals surface area contributed by atoms with Gasteiger partial charge in [-0.15, -0.1) is 0 Å². The largest absolute Gasteiger partial charge is 0.497 e. The van der Waals surface area contributed by atoms with Gasteiger partial charge in [-0.1, -0.05) is 0 Å². The van der Waals surface area contributed by atoms with Gasteiger partial charge in [-0.2, -0.15) is 0 Å². The quantitative estimate of drug-likeness (QED) is 0.536. The van der Waals surface area contributed by atoms with Gasteiger partial charge in [-0.05, 0) is 48.5 Å². The van der Waals surface area contributed by atoms with Crippen molar-refractivity contribution in [2.24, 2.45) is 4.99 Å². The second-order valence-electron chi connectivity index (χ2n) is 6.29. The van der Waals surface area contributed by atoms with Crippen molar-refractivity contribution in [2.45, 2.75) is 0 Å². The fraction of sp³-hybridized carbons (Fsp3) is 0.0500. The van der Waals surface area contributed by atoms with Crippen LogP contribution < -0.4 is 31.5 Å². The Morgan fingerprint density at radius 2 is 1.53 bits per heavy atom. The molecule has 2 aliphatic heterocycles. The lowest BCUT2D eigenvalue weighted by Gasteiger charge is -2.21. The van der Waals surface area contributed by atoms with Gasteiger partial charge in [0.15, 0.2) is 0 Å². The van der Waals surface area contributed by atoms with Crippen LogP contribution in [0.25, 0.3) is 0 Å². The Morgan fingerprint density at radius 1 is 0.933 bits per heavy atom. The highest BCUT2D eigenvalue weighted by Crippen LogP contribution is 2.21. The van der Waals surface area contributed by atoms with E-state index in [0.717, 1.165) is 0 Å². The number of methoxy groups -OCH3 is 1. The fourth-order valence-electron chi connectivity index (χ4n) is 2.81. The molecule has 2 aromatic carbocycles. The summed E-state index contributed by atoms with van der Waals surface area (Å²) < 4.78 is 5.09. The van der Waals surface area contributed by atoms with E-state index >= 15 is 0 Å². The van der Waals surface area contributed by atoms with Crippen molar-refractivity contribution < 1.29 is 14.3 Å². The molecule has 0 aliphatic carbocycles. The van der Waals surface area contributed by atoms with E-state index in [9.17, 15) is 9.59 Å². The van der Waals surface area contributed by atoms with Gasteiger partial charge in [0, 0.05) is 23.3 Å². The first-order chi connectivity index (χ1) is 14.6. The standard InChI is InChI=1S/C20H19N7O3/c1-30-16-8-6-14(7-9-16)24-19(28)23-13-2-4-15(5-3-13)25-20(29)27-12-21-10-17-18(27)11-22-26-17/h2-12,22,26H,1H3,(H,25,29)(H2,23,24,28). The molecular weight excluding hydrogens is 386 g/mol. The van der Waals surface area contributed by atoms with Gasteiger partial charge in [0.25, 0.3) is 0 Å². The highest BCUT2D eigenvalue weighted by molar-refractivity contribution is 6.01. The molecule has 10 heteroatoms. The number of hydrogen-bond donors (Lipinski definition) is 5. The molecule has 2 aliphatic rings. The number of aliphatic imine (C=N–C) groups is 1. The lowest BCUT2D eigenvalue weighted by Crippen LogP contribution is -2.35. The van der Waals surface area contributed by atoms with Crippen molar-refractivity contribution in [3.8, 4) is 5.75 Å². The first kappa shape index (κ1) is 18.9. The second kappa shape index (κ2) is 8.27. The Kier molecular flexibility index (Phi) is 5.20. The Balaban J connectivity index is 1.32. The van der Waals surface area contributed by atoms with E-state index in [2.05, 4.69) is 31.8 Å². The summed E-state index contributed by atoms with van der Waals surface area (Å²) in [5.41, 5.74) is 8.87. The predicted octanol–water partition coefficient (Wildman–Crippen LogP) is 3.01. The Labute approximate surface area is 172 Å². The molecule has 0 saturated heterocycles. The average molecular weight is 405 g/mol. The number of nitrogens with one attached hydrogen (secondary N) is 5. The molecule has 0 atom stereocenters. The maximum Gasteiger partial charge on any atom is 0.331 e. The molecule has 2 heterocycles. The maximum atomic E-state index is 12.5. The number of carbonyl (C=O) groups is 2. The number of benzene rings is 2. The highest BCUT2D eigenvalue weighted by Gasteiger charge is 2.25. The number of anilines is 3. The number of fused-ring (bicyclic) bond motifs is 1. The molecule has 152 valence electrons. The molecule has 0 bridgehead atoms. The molecule has 4 rings (SSSR count). The molecule has 0 spiro atoms. The second-order valence-corrected chi connectivity index (χ2v) is 6.29. The average Bonchev–Trinajstić information content (AvgIpc) is 3.24. The lowest BCUT2D eigenvalue weighted by atomic mass is 10.2. The van der Waals surface area contributed by atoms with Crippen molar-refractivity contribution in [2.75, 3.05) is 23.1 Å². The molecule has 2 aromatic rings. The van der Waals surface area contributed by atoms with Crippen LogP contribution in [-0.2, 0) is 0 Å². The molecule has 0 saturated carbocycles. The van der Waals surface area contributed by atoms with Crippen LogP contribution in [0.15, 0.2) is 77.3 Å². The van der Waals surface area contributed by atoms with Crippen LogP contribution in [0.4, 0.5) is 26.7 Å². The van der Waals surface area contributed by atoms with Gasteiger partial charge in [-0.3, -0.25) is 5.43 Å². The zero-order valence-corrected chi connectivity index (χ0v) is 16.0. The third-order valence-electron chi connectivity index (χ3n) is 4.30. The summed E-state index contributed by atoms with van der Waals surface area (Å²) in [5, 5.41) is 8.25. The van der Waals surface area contributed by atoms with Crippen LogP contribution in [-0.4, -0.2) is 30.4 Å². The number of rotatable bonds is 4. The van der Waals surface area contributed by atoms with Crippen molar-refractivity contribution in [1.82, 2.24) is 15.8 Å². The van der Waals surface area contributed by atoms with Crippen molar-refractivity contribution in [3.63, 3.8) is 0 Å². The molecular formula is C20H19N7O3. The third kappa shape index (κ3) is 4.17. The molecule has 0 radical (unpaired) electrons. The van der Waals surface area contributed by atoms with Crippen LogP contribution in [0.2, 0.25) is 0 Å². The molecule has 10 nitrogen and oxygen atoms in total. The minimum Gasteiger partial charge on any atom is -0.497 e. The highest BCUT2D eigenvalue weighted by atomic mass is 16.5. The smallest absolute Gasteiger partial charge is 0.331 e. The molecule has 0 fully saturated rings. The van der Waals surface area contributed by atoms with Gasteiger partial charge in [0.1, 0.15) is 12.1 Å². The first-order valence-corrected chi connectivity index (χ1v) is 9.00. The zero-order chi connectivity index (χ0) is 20.9. The summed E-state index contributed by atoms with van der Waals surface area (Å²) in [6, 6.07) is 13.0. The van der Waals surface area contributed by atoms with Crippen LogP contribution in [0.5, 0.6) is 5.75 Å². The number of hydrogen-bond acceptors (Lipinski definition) is 6. The van der Waals surface area contributed by atoms with Crippen molar-refractivity contribution >= 4 is 35.5 Å². The van der Waals surface area contributed by atoms with E-state index in [1.54, 1.807) is 68.0 Å². The lowest BCUT2D eigenvalue weighted by molar-refractivity contribution is 0.241. The van der Waals surface area contributed by atoms with Gasteiger partial charge < -0.3 is 26.1 Å². The summed E-state index contributed by atoms with van der Waals surface area (Å²) in [4.78, 5) is 30.1. The molecule has 30 heavy (non-hydrogen) atoms. The summed E-state index contributed by atoms with van der Waals surface area (Å²) >= 11 is 0. The van der Waals surface area contributed by atoms with E-state index < -0.39 is 0 Å². The van der Waals surface area contributed by atoms with E-state index in [1.165, 1.54) is 11.2 Å². The predicted molar refractivity (Wildman–Crippen MR) is 114 cm³/mol. The Morgan fingerprint density at radius 3 is 2.17 bits per heavy atom. The monoisotopic (exact) mass is 405 g/mol. The molecule has 4 amide bonds. The number of nitrogens with zero attached hydrogens (tertiary/aromatic N) is 2. The summed E-state index contributed by atoms with van der Waals surface area (Å²) in [7, 11) is 1.58. The van der Waals surface area contributed by atoms with E-state index in [-0.39, 0.29) is 12.1 Å². The third-order valence-corrected chi connectivity index (χ3v) is 4.30. The first-order valence-electron chi connectivity index (χ1n) is 9.00. The van der Waals surface area contributed by atoms with Crippen LogP contribution in [0.3, 0.4) is 0 Å². The van der Waals surface area contributed by atoms with Crippen molar-refractivity contribution in [3.05, 3.63) is 72.3 Å². The number of urea groups is 2. The Bertz CT molecular complexity index is 1040. The van der Waals surface area contributed by atoms with E-state index in [4.69, 9.17) is 4.74 Å². The Hall–Kier alpha value is -4.47. The zero-order valence-electron chi connectivity index (χ0n) is 16.0. The van der Waals surface area contributed by atoms with Gasteiger partial charge in [0.2, 0.25) is 0 Å². The summed E-state index contributed by atoms with van der Waals surface area (Å²) in [6.07, 6.45) is 4.72.